The van der Waals surface area contributed by atoms with E-state index in [0.29, 0.717) is 0 Å². The lowest BCUT2D eigenvalue weighted by molar-refractivity contribution is -0.162. The van der Waals surface area contributed by atoms with E-state index >= 15 is 0 Å². The predicted molar refractivity (Wildman–Crippen MR) is 54.3 cm³/mol. The molecule has 0 radical (unpaired) electrons. The van der Waals surface area contributed by atoms with Crippen LogP contribution in [0.3, 0.4) is 0 Å². The van der Waals surface area contributed by atoms with Crippen LogP contribution in [0.1, 0.15) is 27.7 Å². The zero-order chi connectivity index (χ0) is 11.6. The number of esters is 1. The Bertz CT molecular complexity index is 298. The minimum Gasteiger partial charge on any atom is -0.451 e. The topological polar surface area (TPSA) is 52.6 Å². The third kappa shape index (κ3) is 3.47. The molecule has 0 aromatic rings. The van der Waals surface area contributed by atoms with E-state index in [2.05, 4.69) is 0 Å². The molecule has 1 rings (SSSR count). The molecule has 0 spiro atoms. The number of rotatable bonds is 2. The highest BCUT2D eigenvalue weighted by molar-refractivity contribution is 5.98. The highest BCUT2D eigenvalue weighted by Gasteiger charge is 2.36. The summed E-state index contributed by atoms with van der Waals surface area (Å²) in [5.41, 5.74) is -0.377. The second-order valence-electron chi connectivity index (χ2n) is 4.49. The maximum Gasteiger partial charge on any atom is 0.303 e. The molecule has 0 saturated carbocycles. The van der Waals surface area contributed by atoms with Crippen LogP contribution in [0, 0.1) is 0 Å². The van der Waals surface area contributed by atoms with Gasteiger partial charge in [0.2, 0.25) is 0 Å². The Morgan fingerprint density at radius 2 is 2.00 bits per heavy atom. The first kappa shape index (κ1) is 11.9. The van der Waals surface area contributed by atoms with Gasteiger partial charge in [0, 0.05) is 6.92 Å². The summed E-state index contributed by atoms with van der Waals surface area (Å²) in [6.45, 7) is 6.93. The Kier molecular flexibility index (Phi) is 3.29. The maximum atomic E-state index is 11.4. The van der Waals surface area contributed by atoms with Gasteiger partial charge in [-0.1, -0.05) is 0 Å². The molecule has 0 aromatic heterocycles. The third-order valence-electron chi connectivity index (χ3n) is 1.81. The van der Waals surface area contributed by atoms with Crippen molar-refractivity contribution in [1.82, 2.24) is 0 Å². The van der Waals surface area contributed by atoms with Crippen molar-refractivity contribution in [2.45, 2.75) is 45.5 Å². The van der Waals surface area contributed by atoms with E-state index < -0.39 is 18.2 Å². The Morgan fingerprint density at radius 1 is 1.40 bits per heavy atom. The van der Waals surface area contributed by atoms with Gasteiger partial charge in [0.15, 0.2) is 11.9 Å². The van der Waals surface area contributed by atoms with Crippen LogP contribution in [-0.4, -0.2) is 29.6 Å². The largest absolute Gasteiger partial charge is 0.451 e. The van der Waals surface area contributed by atoms with Crippen molar-refractivity contribution in [3.05, 3.63) is 12.2 Å². The summed E-state index contributed by atoms with van der Waals surface area (Å²) < 4.78 is 10.5. The van der Waals surface area contributed by atoms with Gasteiger partial charge < -0.3 is 9.47 Å². The van der Waals surface area contributed by atoms with E-state index in [9.17, 15) is 9.59 Å². The van der Waals surface area contributed by atoms with Gasteiger partial charge in [-0.15, -0.1) is 0 Å². The number of ether oxygens (including phenoxy) is 2. The SMILES string of the molecule is CC(=O)OC1C(=O)C=CC1OC(C)(C)C. The van der Waals surface area contributed by atoms with Gasteiger partial charge >= 0.3 is 5.97 Å². The number of ketones is 1. The van der Waals surface area contributed by atoms with Gasteiger partial charge in [0.1, 0.15) is 6.10 Å². The number of hydrogen-bond acceptors (Lipinski definition) is 4. The molecule has 0 aromatic carbocycles. The van der Waals surface area contributed by atoms with Crippen LogP contribution in [0.5, 0.6) is 0 Å². The summed E-state index contributed by atoms with van der Waals surface area (Å²) in [5.74, 6) is -0.695. The van der Waals surface area contributed by atoms with E-state index in [1.165, 1.54) is 13.0 Å². The molecule has 2 unspecified atom stereocenters. The van der Waals surface area contributed by atoms with Gasteiger partial charge in [-0.05, 0) is 32.9 Å². The lowest BCUT2D eigenvalue weighted by atomic mass is 10.1. The number of hydrogen-bond donors (Lipinski definition) is 0. The molecule has 0 fully saturated rings. The van der Waals surface area contributed by atoms with E-state index in [1.54, 1.807) is 6.08 Å². The van der Waals surface area contributed by atoms with Gasteiger partial charge in [0.05, 0.1) is 5.60 Å². The first-order valence-corrected chi connectivity index (χ1v) is 4.87. The zero-order valence-electron chi connectivity index (χ0n) is 9.44. The Morgan fingerprint density at radius 3 is 2.47 bits per heavy atom. The minimum atomic E-state index is -0.818. The molecule has 84 valence electrons. The lowest BCUT2D eigenvalue weighted by Gasteiger charge is -2.27. The van der Waals surface area contributed by atoms with Crippen LogP contribution < -0.4 is 0 Å². The summed E-state index contributed by atoms with van der Waals surface area (Å²) in [4.78, 5) is 22.2. The van der Waals surface area contributed by atoms with E-state index in [0.717, 1.165) is 0 Å². The molecule has 0 N–H and O–H groups in total. The fourth-order valence-electron chi connectivity index (χ4n) is 1.36. The smallest absolute Gasteiger partial charge is 0.303 e. The maximum absolute atomic E-state index is 11.4. The van der Waals surface area contributed by atoms with Crippen molar-refractivity contribution in [1.29, 1.82) is 0 Å². The van der Waals surface area contributed by atoms with Crippen molar-refractivity contribution in [3.8, 4) is 0 Å². The molecule has 4 heteroatoms. The number of carbonyl (C=O) groups is 2. The normalized spacial score (nSPS) is 25.7. The van der Waals surface area contributed by atoms with E-state index in [-0.39, 0.29) is 11.4 Å². The first-order valence-electron chi connectivity index (χ1n) is 4.87. The zero-order valence-corrected chi connectivity index (χ0v) is 9.44. The molecule has 4 nitrogen and oxygen atoms in total. The van der Waals surface area contributed by atoms with Crippen LogP contribution >= 0.6 is 0 Å². The van der Waals surface area contributed by atoms with Gasteiger partial charge in [-0.2, -0.15) is 0 Å². The van der Waals surface area contributed by atoms with Crippen molar-refractivity contribution in [2.75, 3.05) is 0 Å². The van der Waals surface area contributed by atoms with Crippen LogP contribution in [0.15, 0.2) is 12.2 Å². The minimum absolute atomic E-state index is 0.223. The standard InChI is InChI=1S/C11H16O4/c1-7(12)14-10-8(13)5-6-9(10)15-11(2,3)4/h5-6,9-10H,1-4H3. The van der Waals surface area contributed by atoms with Crippen molar-refractivity contribution < 1.29 is 19.1 Å². The summed E-state index contributed by atoms with van der Waals surface area (Å²) in [5, 5.41) is 0. The second kappa shape index (κ2) is 4.14. The molecule has 0 heterocycles. The van der Waals surface area contributed by atoms with Crippen molar-refractivity contribution in [2.24, 2.45) is 0 Å². The van der Waals surface area contributed by atoms with Gasteiger partial charge in [-0.3, -0.25) is 9.59 Å². The fourth-order valence-corrected chi connectivity index (χ4v) is 1.36. The molecule has 0 saturated heterocycles. The molecular formula is C11H16O4. The highest BCUT2D eigenvalue weighted by Crippen LogP contribution is 2.21. The second-order valence-corrected chi connectivity index (χ2v) is 4.49. The van der Waals surface area contributed by atoms with Crippen molar-refractivity contribution in [3.63, 3.8) is 0 Å². The Hall–Kier alpha value is -1.16. The summed E-state index contributed by atoms with van der Waals surface area (Å²) in [6.07, 6.45) is 1.73. The first-order chi connectivity index (χ1) is 6.79. The van der Waals surface area contributed by atoms with Crippen molar-refractivity contribution >= 4 is 11.8 Å². The molecule has 1 aliphatic carbocycles. The van der Waals surface area contributed by atoms with Crippen LogP contribution in [0.4, 0.5) is 0 Å². The molecule has 0 bridgehead atoms. The van der Waals surface area contributed by atoms with Gasteiger partial charge in [-0.25, -0.2) is 0 Å². The highest BCUT2D eigenvalue weighted by atomic mass is 16.6. The Labute approximate surface area is 89.2 Å². The monoisotopic (exact) mass is 212 g/mol. The quantitative estimate of drug-likeness (QED) is 0.646. The van der Waals surface area contributed by atoms with E-state index in [1.807, 2.05) is 20.8 Å². The summed E-state index contributed by atoms with van der Waals surface area (Å²) in [7, 11) is 0. The van der Waals surface area contributed by atoms with Gasteiger partial charge in [0.25, 0.3) is 0 Å². The van der Waals surface area contributed by atoms with Crippen LogP contribution in [0.2, 0.25) is 0 Å². The molecule has 0 aliphatic heterocycles. The average molecular weight is 212 g/mol. The van der Waals surface area contributed by atoms with Crippen LogP contribution in [0.25, 0.3) is 0 Å². The van der Waals surface area contributed by atoms with E-state index in [4.69, 9.17) is 9.47 Å². The summed E-state index contributed by atoms with van der Waals surface area (Å²) in [6, 6.07) is 0. The third-order valence-corrected chi connectivity index (χ3v) is 1.81. The Balaban J connectivity index is 2.67. The molecule has 2 atom stereocenters. The molecule has 15 heavy (non-hydrogen) atoms. The lowest BCUT2D eigenvalue weighted by Crippen LogP contribution is -2.38. The molecule has 1 aliphatic rings. The van der Waals surface area contributed by atoms with Crippen LogP contribution in [-0.2, 0) is 19.1 Å². The summed E-state index contributed by atoms with van der Waals surface area (Å²) >= 11 is 0. The average Bonchev–Trinajstić information content (AvgIpc) is 2.32. The fraction of sp³-hybridized carbons (Fsp3) is 0.636. The molecule has 0 amide bonds. The molecular weight excluding hydrogens is 196 g/mol. The number of carbonyl (C=O) groups excluding carboxylic acids is 2. The predicted octanol–water partition coefficient (Wildman–Crippen LogP) is 1.24.